The average Bonchev–Trinajstić information content (AvgIpc) is 3.35. The first-order valence-corrected chi connectivity index (χ1v) is 9.22. The van der Waals surface area contributed by atoms with Gasteiger partial charge in [-0.25, -0.2) is 0 Å². The number of halogens is 1. The largest absolute Gasteiger partial charge is 0.485 e. The average molecular weight is 396 g/mol. The van der Waals surface area contributed by atoms with Crippen LogP contribution in [-0.2, 0) is 13.2 Å². The number of aromatic nitrogens is 2. The Labute approximate surface area is 166 Å². The Balaban J connectivity index is 1.33. The van der Waals surface area contributed by atoms with Crippen molar-refractivity contribution < 1.29 is 13.9 Å². The number of carbonyl (C=O) groups excluding carboxylic acids is 1. The van der Waals surface area contributed by atoms with Crippen LogP contribution >= 0.6 is 11.6 Å². The second kappa shape index (κ2) is 8.19. The van der Waals surface area contributed by atoms with Crippen molar-refractivity contribution in [2.75, 3.05) is 6.54 Å². The number of ether oxygens (including phenoxy) is 1. The summed E-state index contributed by atoms with van der Waals surface area (Å²) in [6.07, 6.45) is 3.25. The van der Waals surface area contributed by atoms with Gasteiger partial charge in [0.2, 0.25) is 0 Å². The van der Waals surface area contributed by atoms with Crippen molar-refractivity contribution in [1.82, 2.24) is 15.1 Å². The van der Waals surface area contributed by atoms with Gasteiger partial charge < -0.3 is 14.5 Å². The molecular weight excluding hydrogens is 378 g/mol. The molecule has 0 fully saturated rings. The Morgan fingerprint density at radius 2 is 2.00 bits per heavy atom. The number of amides is 1. The summed E-state index contributed by atoms with van der Waals surface area (Å²) in [4.78, 5) is 12.2. The number of benzene rings is 2. The molecule has 0 aliphatic rings. The molecule has 0 unspecified atom stereocenters. The van der Waals surface area contributed by atoms with Crippen LogP contribution in [0.25, 0.3) is 10.8 Å². The molecule has 142 valence electrons. The first-order chi connectivity index (χ1) is 13.7. The van der Waals surface area contributed by atoms with E-state index in [-0.39, 0.29) is 18.3 Å². The summed E-state index contributed by atoms with van der Waals surface area (Å²) < 4.78 is 13.2. The molecule has 0 saturated heterocycles. The molecule has 4 rings (SSSR count). The monoisotopic (exact) mass is 395 g/mol. The molecule has 0 aliphatic heterocycles. The normalized spacial score (nSPS) is 10.9. The fourth-order valence-electron chi connectivity index (χ4n) is 2.88. The van der Waals surface area contributed by atoms with E-state index in [1.54, 1.807) is 29.2 Å². The van der Waals surface area contributed by atoms with Gasteiger partial charge in [0, 0.05) is 18.1 Å². The standard InChI is InChI=1S/C21H18ClN3O3/c22-16-12-24-25(13-16)11-10-23-21(26)20-9-8-17(28-20)14-27-19-7-3-5-15-4-1-2-6-18(15)19/h1-9,12-13H,10-11,14H2,(H,23,26). The Morgan fingerprint density at radius 1 is 1.14 bits per heavy atom. The maximum atomic E-state index is 12.2. The third-order valence-corrected chi connectivity index (χ3v) is 4.43. The van der Waals surface area contributed by atoms with Crippen molar-refractivity contribution in [2.45, 2.75) is 13.2 Å². The summed E-state index contributed by atoms with van der Waals surface area (Å²) in [5, 5.41) is 9.56. The van der Waals surface area contributed by atoms with Crippen LogP contribution < -0.4 is 10.1 Å². The zero-order valence-corrected chi connectivity index (χ0v) is 15.7. The van der Waals surface area contributed by atoms with Crippen LogP contribution in [0.1, 0.15) is 16.3 Å². The number of nitrogens with zero attached hydrogens (tertiary/aromatic N) is 2. The van der Waals surface area contributed by atoms with E-state index in [1.807, 2.05) is 42.5 Å². The highest BCUT2D eigenvalue weighted by molar-refractivity contribution is 6.30. The lowest BCUT2D eigenvalue weighted by molar-refractivity contribution is 0.0920. The Hall–Kier alpha value is -3.25. The van der Waals surface area contributed by atoms with Crippen molar-refractivity contribution in [2.24, 2.45) is 0 Å². The third kappa shape index (κ3) is 4.18. The molecule has 4 aromatic rings. The molecule has 1 amide bonds. The molecule has 0 bridgehead atoms. The third-order valence-electron chi connectivity index (χ3n) is 4.23. The molecule has 2 aromatic heterocycles. The van der Waals surface area contributed by atoms with Crippen LogP contribution in [0.15, 0.2) is 71.4 Å². The zero-order chi connectivity index (χ0) is 19.3. The Kier molecular flexibility index (Phi) is 5.30. The number of carbonyl (C=O) groups is 1. The highest BCUT2D eigenvalue weighted by Gasteiger charge is 2.12. The number of hydrogen-bond acceptors (Lipinski definition) is 4. The first kappa shape index (κ1) is 18.1. The molecule has 2 heterocycles. The minimum absolute atomic E-state index is 0.243. The Bertz CT molecular complexity index is 1100. The van der Waals surface area contributed by atoms with Crippen molar-refractivity contribution in [3.8, 4) is 5.75 Å². The van der Waals surface area contributed by atoms with Gasteiger partial charge in [-0.15, -0.1) is 0 Å². The van der Waals surface area contributed by atoms with Gasteiger partial charge in [-0.1, -0.05) is 48.0 Å². The molecule has 1 N–H and O–H groups in total. The van der Waals surface area contributed by atoms with Crippen molar-refractivity contribution in [1.29, 1.82) is 0 Å². The SMILES string of the molecule is O=C(NCCn1cc(Cl)cn1)c1ccc(COc2cccc3ccccc23)o1. The van der Waals surface area contributed by atoms with E-state index in [2.05, 4.69) is 10.4 Å². The van der Waals surface area contributed by atoms with Gasteiger partial charge >= 0.3 is 0 Å². The van der Waals surface area contributed by atoms with Crippen LogP contribution in [0.3, 0.4) is 0 Å². The summed E-state index contributed by atoms with van der Waals surface area (Å²) in [6.45, 7) is 1.18. The van der Waals surface area contributed by atoms with Crippen LogP contribution in [0, 0.1) is 0 Å². The second-order valence-electron chi connectivity index (χ2n) is 6.21. The van der Waals surface area contributed by atoms with Gasteiger partial charge in [-0.2, -0.15) is 5.10 Å². The predicted octanol–water partition coefficient (Wildman–Crippen LogP) is 4.29. The van der Waals surface area contributed by atoms with Crippen LogP contribution in [0.4, 0.5) is 0 Å². The quantitative estimate of drug-likeness (QED) is 0.506. The molecule has 0 aliphatic carbocycles. The van der Waals surface area contributed by atoms with Crippen LogP contribution in [0.2, 0.25) is 5.02 Å². The molecule has 2 aromatic carbocycles. The van der Waals surface area contributed by atoms with Crippen LogP contribution in [-0.4, -0.2) is 22.2 Å². The van der Waals surface area contributed by atoms with Crippen molar-refractivity contribution >= 4 is 28.3 Å². The second-order valence-corrected chi connectivity index (χ2v) is 6.65. The molecule has 6 nitrogen and oxygen atoms in total. The van der Waals surface area contributed by atoms with E-state index in [1.165, 1.54) is 0 Å². The summed E-state index contributed by atoms with van der Waals surface area (Å²) >= 11 is 5.81. The molecule has 0 spiro atoms. The topological polar surface area (TPSA) is 69.3 Å². The van der Waals surface area contributed by atoms with Crippen molar-refractivity contribution in [3.05, 3.63) is 83.5 Å². The van der Waals surface area contributed by atoms with Gasteiger partial charge in [-0.05, 0) is 23.6 Å². The van der Waals surface area contributed by atoms with Gasteiger partial charge in [-0.3, -0.25) is 9.48 Å². The minimum atomic E-state index is -0.283. The molecule has 0 radical (unpaired) electrons. The fourth-order valence-corrected chi connectivity index (χ4v) is 3.04. The molecule has 0 saturated carbocycles. The van der Waals surface area contributed by atoms with Gasteiger partial charge in [0.15, 0.2) is 5.76 Å². The molecule has 28 heavy (non-hydrogen) atoms. The summed E-state index contributed by atoms with van der Waals surface area (Å²) in [6, 6.07) is 17.3. The number of fused-ring (bicyclic) bond motifs is 1. The number of hydrogen-bond donors (Lipinski definition) is 1. The lowest BCUT2D eigenvalue weighted by Crippen LogP contribution is -2.27. The van der Waals surface area contributed by atoms with E-state index in [4.69, 9.17) is 20.8 Å². The smallest absolute Gasteiger partial charge is 0.287 e. The summed E-state index contributed by atoms with van der Waals surface area (Å²) in [5.41, 5.74) is 0. The molecule has 0 atom stereocenters. The molecular formula is C21H18ClN3O3. The highest BCUT2D eigenvalue weighted by atomic mass is 35.5. The summed E-state index contributed by atoms with van der Waals surface area (Å²) in [7, 11) is 0. The van der Waals surface area contributed by atoms with E-state index >= 15 is 0 Å². The van der Waals surface area contributed by atoms with Gasteiger partial charge in [0.25, 0.3) is 5.91 Å². The van der Waals surface area contributed by atoms with Gasteiger partial charge in [0.1, 0.15) is 18.1 Å². The predicted molar refractivity (Wildman–Crippen MR) is 107 cm³/mol. The highest BCUT2D eigenvalue weighted by Crippen LogP contribution is 2.26. The van der Waals surface area contributed by atoms with E-state index in [0.29, 0.717) is 23.9 Å². The van der Waals surface area contributed by atoms with Gasteiger partial charge in [0.05, 0.1) is 17.8 Å². The zero-order valence-electron chi connectivity index (χ0n) is 15.0. The Morgan fingerprint density at radius 3 is 2.86 bits per heavy atom. The lowest BCUT2D eigenvalue weighted by Gasteiger charge is -2.08. The fraction of sp³-hybridized carbons (Fsp3) is 0.143. The van der Waals surface area contributed by atoms with E-state index < -0.39 is 0 Å². The number of furan rings is 1. The summed E-state index contributed by atoms with van der Waals surface area (Å²) in [5.74, 6) is 1.32. The number of nitrogens with one attached hydrogen (secondary N) is 1. The lowest BCUT2D eigenvalue weighted by atomic mass is 10.1. The molecule has 7 heteroatoms. The first-order valence-electron chi connectivity index (χ1n) is 8.84. The number of rotatable bonds is 7. The maximum absolute atomic E-state index is 12.2. The van der Waals surface area contributed by atoms with E-state index in [9.17, 15) is 4.79 Å². The van der Waals surface area contributed by atoms with E-state index in [0.717, 1.165) is 16.5 Å². The minimum Gasteiger partial charge on any atom is -0.485 e. The van der Waals surface area contributed by atoms with Crippen molar-refractivity contribution in [3.63, 3.8) is 0 Å². The maximum Gasteiger partial charge on any atom is 0.287 e. The van der Waals surface area contributed by atoms with Crippen LogP contribution in [0.5, 0.6) is 5.75 Å².